The van der Waals surface area contributed by atoms with Crippen LogP contribution >= 0.6 is 0 Å². The molecule has 2 rings (SSSR count). The number of amides is 1. The van der Waals surface area contributed by atoms with Crippen LogP contribution in [-0.4, -0.2) is 28.5 Å². The summed E-state index contributed by atoms with van der Waals surface area (Å²) in [5.41, 5.74) is 0.883. The van der Waals surface area contributed by atoms with Gasteiger partial charge in [-0.1, -0.05) is 13.0 Å². The predicted octanol–water partition coefficient (Wildman–Crippen LogP) is 1.42. The summed E-state index contributed by atoms with van der Waals surface area (Å²) in [6, 6.07) is 3.28. The largest absolute Gasteiger partial charge is 0.341 e. The zero-order valence-electron chi connectivity index (χ0n) is 11.1. The third-order valence-electron chi connectivity index (χ3n) is 3.57. The molecule has 0 N–H and O–H groups in total. The van der Waals surface area contributed by atoms with Crippen LogP contribution in [0.25, 0.3) is 0 Å². The zero-order valence-corrected chi connectivity index (χ0v) is 11.1. The molecule has 98 valence electrons. The molecule has 0 spiro atoms. The number of hydrogen-bond donors (Lipinski definition) is 0. The van der Waals surface area contributed by atoms with E-state index in [0.29, 0.717) is 5.92 Å². The second-order valence-corrected chi connectivity index (χ2v) is 5.24. The molecule has 0 aromatic carbocycles. The van der Waals surface area contributed by atoms with E-state index in [-0.39, 0.29) is 18.0 Å². The molecule has 0 saturated carbocycles. The molecule has 2 heterocycles. The smallest absolute Gasteiger partial charge is 0.251 e. The van der Waals surface area contributed by atoms with Gasteiger partial charge in [0.2, 0.25) is 5.91 Å². The second-order valence-electron chi connectivity index (χ2n) is 5.24. The summed E-state index contributed by atoms with van der Waals surface area (Å²) in [7, 11) is 0. The number of rotatable bonds is 2. The first-order valence-electron chi connectivity index (χ1n) is 6.51. The molecular weight excluding hydrogens is 228 g/mol. The standard InChI is InChI=1S/C14H20N2O2/c1-11-5-7-15(8-6-11)14(18)10-16-9-12(2)3-4-13(16)17/h3-4,9,11H,5-8,10H2,1-2H3. The Kier molecular flexibility index (Phi) is 3.84. The molecule has 0 bridgehead atoms. The lowest BCUT2D eigenvalue weighted by Crippen LogP contribution is -2.41. The van der Waals surface area contributed by atoms with Gasteiger partial charge in [0.25, 0.3) is 5.56 Å². The summed E-state index contributed by atoms with van der Waals surface area (Å²) in [4.78, 5) is 25.6. The van der Waals surface area contributed by atoms with Crippen molar-refractivity contribution in [2.75, 3.05) is 13.1 Å². The number of aryl methyl sites for hydroxylation is 1. The van der Waals surface area contributed by atoms with E-state index in [0.717, 1.165) is 31.5 Å². The quantitative estimate of drug-likeness (QED) is 0.794. The Morgan fingerprint density at radius 3 is 2.67 bits per heavy atom. The van der Waals surface area contributed by atoms with E-state index in [1.807, 2.05) is 11.8 Å². The van der Waals surface area contributed by atoms with Crippen LogP contribution in [0.1, 0.15) is 25.3 Å². The van der Waals surface area contributed by atoms with Gasteiger partial charge in [0.05, 0.1) is 0 Å². The lowest BCUT2D eigenvalue weighted by molar-refractivity contribution is -0.133. The number of pyridine rings is 1. The highest BCUT2D eigenvalue weighted by molar-refractivity contribution is 5.76. The van der Waals surface area contributed by atoms with Crippen molar-refractivity contribution in [3.05, 3.63) is 34.2 Å². The average molecular weight is 248 g/mol. The number of likely N-dealkylation sites (tertiary alicyclic amines) is 1. The minimum absolute atomic E-state index is 0.0506. The van der Waals surface area contributed by atoms with Crippen LogP contribution < -0.4 is 5.56 Å². The maximum absolute atomic E-state index is 12.1. The highest BCUT2D eigenvalue weighted by Crippen LogP contribution is 2.16. The fourth-order valence-corrected chi connectivity index (χ4v) is 2.28. The van der Waals surface area contributed by atoms with Gasteiger partial charge in [0.15, 0.2) is 0 Å². The predicted molar refractivity (Wildman–Crippen MR) is 70.4 cm³/mol. The van der Waals surface area contributed by atoms with E-state index >= 15 is 0 Å². The van der Waals surface area contributed by atoms with Gasteiger partial charge in [-0.2, -0.15) is 0 Å². The van der Waals surface area contributed by atoms with Crippen molar-refractivity contribution in [2.45, 2.75) is 33.2 Å². The molecule has 18 heavy (non-hydrogen) atoms. The first-order chi connectivity index (χ1) is 8.56. The zero-order chi connectivity index (χ0) is 13.1. The lowest BCUT2D eigenvalue weighted by atomic mass is 9.99. The molecule has 1 amide bonds. The van der Waals surface area contributed by atoms with Crippen LogP contribution in [0.5, 0.6) is 0 Å². The van der Waals surface area contributed by atoms with Crippen molar-refractivity contribution in [1.82, 2.24) is 9.47 Å². The number of aromatic nitrogens is 1. The summed E-state index contributed by atoms with van der Waals surface area (Å²) < 4.78 is 1.50. The molecule has 1 fully saturated rings. The Bertz CT molecular complexity index is 485. The van der Waals surface area contributed by atoms with Gasteiger partial charge in [-0.25, -0.2) is 0 Å². The van der Waals surface area contributed by atoms with Crippen LogP contribution in [0.2, 0.25) is 0 Å². The van der Waals surface area contributed by atoms with Gasteiger partial charge in [-0.3, -0.25) is 9.59 Å². The Morgan fingerprint density at radius 1 is 1.33 bits per heavy atom. The maximum Gasteiger partial charge on any atom is 0.251 e. The first-order valence-corrected chi connectivity index (χ1v) is 6.51. The van der Waals surface area contributed by atoms with Crippen molar-refractivity contribution in [3.63, 3.8) is 0 Å². The Hall–Kier alpha value is -1.58. The minimum Gasteiger partial charge on any atom is -0.341 e. The molecule has 0 unspecified atom stereocenters. The van der Waals surface area contributed by atoms with Crippen molar-refractivity contribution < 1.29 is 4.79 Å². The molecular formula is C14H20N2O2. The van der Waals surface area contributed by atoms with Gasteiger partial charge < -0.3 is 9.47 Å². The van der Waals surface area contributed by atoms with E-state index in [1.165, 1.54) is 10.6 Å². The van der Waals surface area contributed by atoms with Gasteiger partial charge in [-0.05, 0) is 31.2 Å². The van der Waals surface area contributed by atoms with Gasteiger partial charge in [0.1, 0.15) is 6.54 Å². The van der Waals surface area contributed by atoms with Crippen molar-refractivity contribution >= 4 is 5.91 Å². The molecule has 1 aliphatic rings. The highest BCUT2D eigenvalue weighted by Gasteiger charge is 2.20. The molecule has 0 aliphatic carbocycles. The molecule has 1 saturated heterocycles. The third kappa shape index (κ3) is 3.00. The lowest BCUT2D eigenvalue weighted by Gasteiger charge is -2.30. The van der Waals surface area contributed by atoms with Crippen molar-refractivity contribution in [2.24, 2.45) is 5.92 Å². The molecule has 1 aromatic rings. The number of carbonyl (C=O) groups excluding carboxylic acids is 1. The van der Waals surface area contributed by atoms with E-state index in [4.69, 9.17) is 0 Å². The summed E-state index contributed by atoms with van der Waals surface area (Å²) in [6.07, 6.45) is 3.87. The normalized spacial score (nSPS) is 16.9. The Morgan fingerprint density at radius 2 is 2.00 bits per heavy atom. The summed E-state index contributed by atoms with van der Waals surface area (Å²) >= 11 is 0. The monoisotopic (exact) mass is 248 g/mol. The number of carbonyl (C=O) groups is 1. The minimum atomic E-state index is -0.112. The van der Waals surface area contributed by atoms with E-state index in [2.05, 4.69) is 6.92 Å². The topological polar surface area (TPSA) is 42.3 Å². The Labute approximate surface area is 107 Å². The SMILES string of the molecule is Cc1ccc(=O)n(CC(=O)N2CCC(C)CC2)c1. The van der Waals surface area contributed by atoms with Gasteiger partial charge >= 0.3 is 0 Å². The number of piperidine rings is 1. The van der Waals surface area contributed by atoms with Gasteiger partial charge in [0, 0.05) is 25.4 Å². The highest BCUT2D eigenvalue weighted by atomic mass is 16.2. The summed E-state index contributed by atoms with van der Waals surface area (Å²) in [5.74, 6) is 0.755. The van der Waals surface area contributed by atoms with Crippen LogP contribution in [-0.2, 0) is 11.3 Å². The van der Waals surface area contributed by atoms with Crippen molar-refractivity contribution in [3.8, 4) is 0 Å². The van der Waals surface area contributed by atoms with E-state index in [1.54, 1.807) is 12.3 Å². The second kappa shape index (κ2) is 5.38. The Balaban J connectivity index is 2.03. The molecule has 0 radical (unpaired) electrons. The van der Waals surface area contributed by atoms with Gasteiger partial charge in [-0.15, -0.1) is 0 Å². The van der Waals surface area contributed by atoms with E-state index in [9.17, 15) is 9.59 Å². The van der Waals surface area contributed by atoms with E-state index < -0.39 is 0 Å². The van der Waals surface area contributed by atoms with Crippen molar-refractivity contribution in [1.29, 1.82) is 0 Å². The van der Waals surface area contributed by atoms with Crippen LogP contribution in [0.3, 0.4) is 0 Å². The molecule has 4 heteroatoms. The summed E-state index contributed by atoms with van der Waals surface area (Å²) in [5, 5.41) is 0. The van der Waals surface area contributed by atoms with Crippen LogP contribution in [0.15, 0.2) is 23.1 Å². The molecule has 0 atom stereocenters. The fraction of sp³-hybridized carbons (Fsp3) is 0.571. The number of nitrogens with zero attached hydrogens (tertiary/aromatic N) is 2. The molecule has 1 aliphatic heterocycles. The van der Waals surface area contributed by atoms with Crippen LogP contribution in [0.4, 0.5) is 0 Å². The average Bonchev–Trinajstić information content (AvgIpc) is 2.34. The first kappa shape index (κ1) is 12.9. The number of hydrogen-bond acceptors (Lipinski definition) is 2. The molecule has 4 nitrogen and oxygen atoms in total. The maximum atomic E-state index is 12.1. The summed E-state index contributed by atoms with van der Waals surface area (Å²) in [6.45, 7) is 5.94. The molecule has 1 aromatic heterocycles. The van der Waals surface area contributed by atoms with Crippen LogP contribution in [0, 0.1) is 12.8 Å². The fourth-order valence-electron chi connectivity index (χ4n) is 2.28. The third-order valence-corrected chi connectivity index (χ3v) is 3.57.